The van der Waals surface area contributed by atoms with Crippen LogP contribution in [0.25, 0.3) is 0 Å². The predicted octanol–water partition coefficient (Wildman–Crippen LogP) is 6.95. The van der Waals surface area contributed by atoms with Crippen LogP contribution in [0.4, 0.5) is 5.69 Å². The summed E-state index contributed by atoms with van der Waals surface area (Å²) >= 11 is 0. The molecule has 1 fully saturated rings. The molecule has 2 aromatic carbocycles. The van der Waals surface area contributed by atoms with Crippen molar-refractivity contribution < 1.29 is 0 Å². The molecule has 0 atom stereocenters. The van der Waals surface area contributed by atoms with Gasteiger partial charge in [-0.2, -0.15) is 0 Å². The Morgan fingerprint density at radius 3 is 2.24 bits per heavy atom. The van der Waals surface area contributed by atoms with Gasteiger partial charge in [0.2, 0.25) is 0 Å². The van der Waals surface area contributed by atoms with Gasteiger partial charge in [0.15, 0.2) is 0 Å². The lowest BCUT2D eigenvalue weighted by Gasteiger charge is -2.28. The van der Waals surface area contributed by atoms with E-state index in [1.807, 2.05) is 0 Å². The highest BCUT2D eigenvalue weighted by Gasteiger charge is 2.22. The first kappa shape index (κ1) is 18.0. The van der Waals surface area contributed by atoms with Crippen molar-refractivity contribution in [3.8, 4) is 0 Å². The minimum Gasteiger partial charge on any atom is -0.381 e. The first-order chi connectivity index (χ1) is 11.9. The predicted molar refractivity (Wildman–Crippen MR) is 109 cm³/mol. The maximum atomic E-state index is 3.72. The second kappa shape index (κ2) is 7.64. The molecule has 1 saturated carbocycles. The van der Waals surface area contributed by atoms with Crippen LogP contribution in [0.2, 0.25) is 0 Å². The summed E-state index contributed by atoms with van der Waals surface area (Å²) in [6.07, 6.45) is 6.84. The average Bonchev–Trinajstić information content (AvgIpc) is 2.61. The minimum absolute atomic E-state index is 0.207. The van der Waals surface area contributed by atoms with Crippen LogP contribution in [0.1, 0.15) is 81.0 Å². The number of benzene rings is 2. The van der Waals surface area contributed by atoms with Gasteiger partial charge in [0, 0.05) is 12.2 Å². The lowest BCUT2D eigenvalue weighted by Crippen LogP contribution is -2.15. The zero-order valence-electron chi connectivity index (χ0n) is 16.4. The third-order valence-electron chi connectivity index (χ3n) is 5.57. The van der Waals surface area contributed by atoms with Crippen molar-refractivity contribution in [3.05, 3.63) is 64.7 Å². The Labute approximate surface area is 153 Å². The van der Waals surface area contributed by atoms with Gasteiger partial charge in [-0.1, -0.05) is 82.0 Å². The normalized spacial score (nSPS) is 16.0. The molecule has 0 radical (unpaired) electrons. The van der Waals surface area contributed by atoms with Gasteiger partial charge in [0.25, 0.3) is 0 Å². The fraction of sp³-hybridized carbons (Fsp3) is 0.500. The van der Waals surface area contributed by atoms with Crippen LogP contribution >= 0.6 is 0 Å². The Morgan fingerprint density at radius 1 is 0.920 bits per heavy atom. The maximum absolute atomic E-state index is 3.72. The maximum Gasteiger partial charge on any atom is 0.0400 e. The third-order valence-corrected chi connectivity index (χ3v) is 5.57. The SMILES string of the molecule is Cc1ccc(CNc2ccc(C(C)(C)C)cc2C2CCCCC2)cc1. The third kappa shape index (κ3) is 4.66. The molecule has 0 heterocycles. The quantitative estimate of drug-likeness (QED) is 0.637. The van der Waals surface area contributed by atoms with Crippen molar-refractivity contribution in [3.63, 3.8) is 0 Å². The van der Waals surface area contributed by atoms with Crippen LogP contribution in [0.3, 0.4) is 0 Å². The number of nitrogens with one attached hydrogen (secondary N) is 1. The number of anilines is 1. The molecule has 134 valence electrons. The Bertz CT molecular complexity index is 685. The zero-order chi connectivity index (χ0) is 17.9. The van der Waals surface area contributed by atoms with Gasteiger partial charge < -0.3 is 5.32 Å². The molecule has 0 unspecified atom stereocenters. The van der Waals surface area contributed by atoms with E-state index in [9.17, 15) is 0 Å². The van der Waals surface area contributed by atoms with Crippen molar-refractivity contribution >= 4 is 5.69 Å². The van der Waals surface area contributed by atoms with Crippen molar-refractivity contribution in [1.29, 1.82) is 0 Å². The van der Waals surface area contributed by atoms with Crippen LogP contribution in [0.15, 0.2) is 42.5 Å². The van der Waals surface area contributed by atoms with Crippen molar-refractivity contribution in [2.24, 2.45) is 0 Å². The fourth-order valence-electron chi connectivity index (χ4n) is 3.84. The van der Waals surface area contributed by atoms with E-state index in [-0.39, 0.29) is 5.41 Å². The van der Waals surface area contributed by atoms with Crippen molar-refractivity contribution in [2.45, 2.75) is 77.7 Å². The van der Waals surface area contributed by atoms with Crippen LogP contribution in [-0.4, -0.2) is 0 Å². The van der Waals surface area contributed by atoms with Crippen LogP contribution in [0, 0.1) is 6.92 Å². The van der Waals surface area contributed by atoms with Crippen molar-refractivity contribution in [2.75, 3.05) is 5.32 Å². The molecule has 1 aliphatic carbocycles. The zero-order valence-corrected chi connectivity index (χ0v) is 16.4. The largest absolute Gasteiger partial charge is 0.381 e. The van der Waals surface area contributed by atoms with Gasteiger partial charge in [-0.25, -0.2) is 0 Å². The molecule has 25 heavy (non-hydrogen) atoms. The van der Waals surface area contributed by atoms with Gasteiger partial charge in [0.05, 0.1) is 0 Å². The average molecular weight is 336 g/mol. The van der Waals surface area contributed by atoms with Gasteiger partial charge in [-0.05, 0) is 53.9 Å². The number of rotatable bonds is 4. The molecular formula is C24H33N. The summed E-state index contributed by atoms with van der Waals surface area (Å²) in [7, 11) is 0. The highest BCUT2D eigenvalue weighted by molar-refractivity contribution is 5.55. The van der Waals surface area contributed by atoms with E-state index in [1.54, 1.807) is 5.56 Å². The summed E-state index contributed by atoms with van der Waals surface area (Å²) in [5, 5.41) is 3.72. The Balaban J connectivity index is 1.84. The molecule has 0 saturated heterocycles. The van der Waals surface area contributed by atoms with Gasteiger partial charge in [0.1, 0.15) is 0 Å². The van der Waals surface area contributed by atoms with E-state index in [4.69, 9.17) is 0 Å². The Kier molecular flexibility index (Phi) is 5.51. The van der Waals surface area contributed by atoms with E-state index in [1.165, 1.54) is 54.5 Å². The van der Waals surface area contributed by atoms with E-state index in [2.05, 4.69) is 75.5 Å². The van der Waals surface area contributed by atoms with Crippen molar-refractivity contribution in [1.82, 2.24) is 0 Å². The van der Waals surface area contributed by atoms with Gasteiger partial charge in [-0.15, -0.1) is 0 Å². The standard InChI is InChI=1S/C24H33N/c1-18-10-12-19(13-11-18)17-25-23-15-14-21(24(2,3)4)16-22(23)20-8-6-5-7-9-20/h10-16,20,25H,5-9,17H2,1-4H3. The van der Waals surface area contributed by atoms with Gasteiger partial charge in [-0.3, -0.25) is 0 Å². The number of hydrogen-bond donors (Lipinski definition) is 1. The first-order valence-corrected chi connectivity index (χ1v) is 9.87. The molecule has 2 aromatic rings. The summed E-state index contributed by atoms with van der Waals surface area (Å²) in [5.41, 5.74) is 7.20. The number of hydrogen-bond acceptors (Lipinski definition) is 1. The number of aryl methyl sites for hydroxylation is 1. The van der Waals surface area contributed by atoms with Gasteiger partial charge >= 0.3 is 0 Å². The molecule has 0 aliphatic heterocycles. The molecule has 0 amide bonds. The molecule has 0 bridgehead atoms. The van der Waals surface area contributed by atoms with Crippen LogP contribution in [0.5, 0.6) is 0 Å². The molecule has 1 aliphatic rings. The monoisotopic (exact) mass is 335 g/mol. The second-order valence-corrected chi connectivity index (χ2v) is 8.73. The summed E-state index contributed by atoms with van der Waals surface area (Å²) in [5.74, 6) is 0.719. The topological polar surface area (TPSA) is 12.0 Å². The summed E-state index contributed by atoms with van der Waals surface area (Å²) < 4.78 is 0. The van der Waals surface area contributed by atoms with Crippen LogP contribution < -0.4 is 5.32 Å². The molecule has 3 rings (SSSR count). The summed E-state index contributed by atoms with van der Waals surface area (Å²) in [6.45, 7) is 9.98. The Hall–Kier alpha value is -1.76. The lowest BCUT2D eigenvalue weighted by molar-refractivity contribution is 0.443. The highest BCUT2D eigenvalue weighted by Crippen LogP contribution is 2.38. The molecule has 1 N–H and O–H groups in total. The first-order valence-electron chi connectivity index (χ1n) is 9.87. The highest BCUT2D eigenvalue weighted by atomic mass is 14.9. The molecule has 0 spiro atoms. The Morgan fingerprint density at radius 2 is 1.60 bits per heavy atom. The van der Waals surface area contributed by atoms with Crippen LogP contribution in [-0.2, 0) is 12.0 Å². The second-order valence-electron chi connectivity index (χ2n) is 8.73. The molecule has 1 heteroatoms. The molecule has 1 nitrogen and oxygen atoms in total. The van der Waals surface area contributed by atoms with E-state index >= 15 is 0 Å². The molecular weight excluding hydrogens is 302 g/mol. The summed E-state index contributed by atoms with van der Waals surface area (Å²) in [4.78, 5) is 0. The fourth-order valence-corrected chi connectivity index (χ4v) is 3.84. The smallest absolute Gasteiger partial charge is 0.0400 e. The summed E-state index contributed by atoms with van der Waals surface area (Å²) in [6, 6.07) is 16.0. The molecule has 0 aromatic heterocycles. The van der Waals surface area contributed by atoms with E-state index < -0.39 is 0 Å². The minimum atomic E-state index is 0.207. The van der Waals surface area contributed by atoms with E-state index in [0.29, 0.717) is 0 Å². The lowest BCUT2D eigenvalue weighted by atomic mass is 9.79. The van der Waals surface area contributed by atoms with E-state index in [0.717, 1.165) is 12.5 Å².